The summed E-state index contributed by atoms with van der Waals surface area (Å²) in [5, 5.41) is 0. The van der Waals surface area contributed by atoms with Crippen LogP contribution < -0.4 is 15.2 Å². The van der Waals surface area contributed by atoms with E-state index in [9.17, 15) is 8.78 Å². The van der Waals surface area contributed by atoms with Crippen molar-refractivity contribution in [2.24, 2.45) is 0 Å². The van der Waals surface area contributed by atoms with E-state index in [-0.39, 0.29) is 11.4 Å². The third kappa shape index (κ3) is 2.34. The molecule has 0 fully saturated rings. The van der Waals surface area contributed by atoms with Crippen LogP contribution in [0, 0.1) is 11.6 Å². The highest BCUT2D eigenvalue weighted by molar-refractivity contribution is 5.47. The van der Waals surface area contributed by atoms with E-state index in [0.717, 1.165) is 12.1 Å². The number of hydrogen-bond acceptors (Lipinski definition) is 3. The molecule has 0 bridgehead atoms. The quantitative estimate of drug-likeness (QED) is 0.851. The van der Waals surface area contributed by atoms with Gasteiger partial charge in [-0.05, 0) is 12.1 Å². The van der Waals surface area contributed by atoms with E-state index in [1.807, 2.05) is 0 Å². The lowest BCUT2D eigenvalue weighted by molar-refractivity contribution is 0.360. The van der Waals surface area contributed by atoms with E-state index >= 15 is 0 Å². The number of para-hydroxylation sites is 2. The van der Waals surface area contributed by atoms with Crippen molar-refractivity contribution in [1.82, 2.24) is 0 Å². The number of anilines is 1. The number of halogens is 2. The van der Waals surface area contributed by atoms with Crippen molar-refractivity contribution in [1.29, 1.82) is 0 Å². The number of hydrogen-bond donors (Lipinski definition) is 1. The second-order valence-electron chi connectivity index (χ2n) is 3.57. The lowest BCUT2D eigenvalue weighted by Gasteiger charge is -2.11. The molecule has 94 valence electrons. The van der Waals surface area contributed by atoms with Crippen LogP contribution in [0.25, 0.3) is 0 Å². The Kier molecular flexibility index (Phi) is 3.32. The fraction of sp³-hybridized carbons (Fsp3) is 0.0769. The van der Waals surface area contributed by atoms with Crippen molar-refractivity contribution in [2.75, 3.05) is 12.8 Å². The van der Waals surface area contributed by atoms with Gasteiger partial charge < -0.3 is 15.2 Å². The molecule has 2 N–H and O–H groups in total. The monoisotopic (exact) mass is 251 g/mol. The number of ether oxygens (including phenoxy) is 2. The molecule has 2 aromatic carbocycles. The van der Waals surface area contributed by atoms with Crippen LogP contribution in [0.4, 0.5) is 14.5 Å². The number of benzene rings is 2. The van der Waals surface area contributed by atoms with Gasteiger partial charge in [-0.3, -0.25) is 0 Å². The minimum absolute atomic E-state index is 0.00243. The van der Waals surface area contributed by atoms with Crippen molar-refractivity contribution in [3.63, 3.8) is 0 Å². The fourth-order valence-electron chi connectivity index (χ4n) is 1.49. The van der Waals surface area contributed by atoms with Crippen molar-refractivity contribution in [3.05, 3.63) is 48.0 Å². The molecule has 3 nitrogen and oxygen atoms in total. The van der Waals surface area contributed by atoms with Crippen LogP contribution >= 0.6 is 0 Å². The van der Waals surface area contributed by atoms with Gasteiger partial charge >= 0.3 is 0 Å². The summed E-state index contributed by atoms with van der Waals surface area (Å²) in [7, 11) is 1.44. The van der Waals surface area contributed by atoms with Crippen LogP contribution in [-0.2, 0) is 0 Å². The van der Waals surface area contributed by atoms with Crippen LogP contribution in [0.15, 0.2) is 36.4 Å². The van der Waals surface area contributed by atoms with Crippen molar-refractivity contribution in [3.8, 4) is 17.2 Å². The van der Waals surface area contributed by atoms with Gasteiger partial charge in [-0.1, -0.05) is 12.1 Å². The van der Waals surface area contributed by atoms with E-state index in [1.54, 1.807) is 24.3 Å². The first-order valence-electron chi connectivity index (χ1n) is 5.17. The molecule has 0 aliphatic carbocycles. The fourth-order valence-corrected chi connectivity index (χ4v) is 1.49. The lowest BCUT2D eigenvalue weighted by atomic mass is 10.2. The molecule has 0 spiro atoms. The summed E-state index contributed by atoms with van der Waals surface area (Å²) >= 11 is 0. The van der Waals surface area contributed by atoms with E-state index in [4.69, 9.17) is 15.2 Å². The van der Waals surface area contributed by atoms with Gasteiger partial charge in [0.2, 0.25) is 0 Å². The molecular weight excluding hydrogens is 240 g/mol. The average Bonchev–Trinajstić information content (AvgIpc) is 2.34. The molecule has 2 aromatic rings. The highest BCUT2D eigenvalue weighted by atomic mass is 19.1. The number of nitrogens with two attached hydrogens (primary N) is 1. The van der Waals surface area contributed by atoms with Gasteiger partial charge in [0.15, 0.2) is 28.9 Å². The molecule has 0 saturated heterocycles. The summed E-state index contributed by atoms with van der Waals surface area (Å²) in [4.78, 5) is 0. The molecule has 0 saturated carbocycles. The summed E-state index contributed by atoms with van der Waals surface area (Å²) in [5.41, 5.74) is 5.32. The maximum Gasteiger partial charge on any atom is 0.198 e. The summed E-state index contributed by atoms with van der Waals surface area (Å²) in [6.45, 7) is 0. The van der Waals surface area contributed by atoms with E-state index < -0.39 is 17.4 Å². The minimum Gasteiger partial charge on any atom is -0.493 e. The molecular formula is C13H11F2NO2. The van der Waals surface area contributed by atoms with Gasteiger partial charge in [0.25, 0.3) is 0 Å². The van der Waals surface area contributed by atoms with Gasteiger partial charge in [0.05, 0.1) is 7.11 Å². The zero-order chi connectivity index (χ0) is 13.1. The predicted molar refractivity (Wildman–Crippen MR) is 63.8 cm³/mol. The molecule has 0 atom stereocenters. The first-order chi connectivity index (χ1) is 8.61. The molecule has 0 amide bonds. The Morgan fingerprint density at radius 3 is 2.11 bits per heavy atom. The summed E-state index contributed by atoms with van der Waals surface area (Å²) in [6.07, 6.45) is 0. The number of nitrogen functional groups attached to an aromatic ring is 1. The Bertz CT molecular complexity index is 550. The Morgan fingerprint density at radius 1 is 1.00 bits per heavy atom. The predicted octanol–water partition coefficient (Wildman–Crippen LogP) is 3.35. The third-order valence-corrected chi connectivity index (χ3v) is 2.30. The second kappa shape index (κ2) is 4.91. The summed E-state index contributed by atoms with van der Waals surface area (Å²) < 4.78 is 37.3. The van der Waals surface area contributed by atoms with Crippen LogP contribution in [0.1, 0.15) is 0 Å². The summed E-state index contributed by atoms with van der Waals surface area (Å²) in [6, 6.07) is 8.56. The summed E-state index contributed by atoms with van der Waals surface area (Å²) in [5.74, 6) is -1.62. The SMILES string of the molecule is COc1ccccc1Oc1c(F)cc(N)cc1F. The van der Waals surface area contributed by atoms with E-state index in [2.05, 4.69) is 0 Å². The zero-order valence-corrected chi connectivity index (χ0v) is 9.61. The second-order valence-corrected chi connectivity index (χ2v) is 3.57. The van der Waals surface area contributed by atoms with Gasteiger partial charge in [-0.25, -0.2) is 8.78 Å². The van der Waals surface area contributed by atoms with E-state index in [1.165, 1.54) is 7.11 Å². The largest absolute Gasteiger partial charge is 0.493 e. The van der Waals surface area contributed by atoms with Gasteiger partial charge in [0.1, 0.15) is 0 Å². The molecule has 18 heavy (non-hydrogen) atoms. The Balaban J connectivity index is 2.40. The average molecular weight is 251 g/mol. The highest BCUT2D eigenvalue weighted by Crippen LogP contribution is 2.34. The first kappa shape index (κ1) is 12.2. The molecule has 0 aromatic heterocycles. The molecule has 0 unspecified atom stereocenters. The lowest BCUT2D eigenvalue weighted by Crippen LogP contribution is -1.97. The van der Waals surface area contributed by atoms with Crippen LogP contribution in [0.5, 0.6) is 17.2 Å². The molecule has 5 heteroatoms. The maximum atomic E-state index is 13.5. The third-order valence-electron chi connectivity index (χ3n) is 2.30. The zero-order valence-electron chi connectivity index (χ0n) is 9.61. The Labute approximate surface area is 103 Å². The van der Waals surface area contributed by atoms with E-state index in [0.29, 0.717) is 5.75 Å². The minimum atomic E-state index is -0.863. The van der Waals surface area contributed by atoms with Gasteiger partial charge in [-0.2, -0.15) is 0 Å². The molecule has 0 radical (unpaired) electrons. The molecule has 0 aliphatic heterocycles. The normalized spacial score (nSPS) is 10.2. The highest BCUT2D eigenvalue weighted by Gasteiger charge is 2.14. The van der Waals surface area contributed by atoms with Crippen molar-refractivity contribution in [2.45, 2.75) is 0 Å². The Hall–Kier alpha value is -2.30. The van der Waals surface area contributed by atoms with Crippen LogP contribution in [0.3, 0.4) is 0 Å². The van der Waals surface area contributed by atoms with Gasteiger partial charge in [-0.15, -0.1) is 0 Å². The number of methoxy groups -OCH3 is 1. The van der Waals surface area contributed by atoms with Crippen molar-refractivity contribution >= 4 is 5.69 Å². The molecule has 0 heterocycles. The van der Waals surface area contributed by atoms with Crippen molar-refractivity contribution < 1.29 is 18.3 Å². The smallest absolute Gasteiger partial charge is 0.198 e. The standard InChI is InChI=1S/C13H11F2NO2/c1-17-11-4-2-3-5-12(11)18-13-9(14)6-8(16)7-10(13)15/h2-7H,16H2,1H3. The van der Waals surface area contributed by atoms with Crippen LogP contribution in [-0.4, -0.2) is 7.11 Å². The topological polar surface area (TPSA) is 44.5 Å². The number of rotatable bonds is 3. The maximum absolute atomic E-state index is 13.5. The molecule has 2 rings (SSSR count). The molecule has 0 aliphatic rings. The Morgan fingerprint density at radius 2 is 1.56 bits per heavy atom. The van der Waals surface area contributed by atoms with Gasteiger partial charge in [0, 0.05) is 17.8 Å². The first-order valence-corrected chi connectivity index (χ1v) is 5.17. The van der Waals surface area contributed by atoms with Crippen LogP contribution in [0.2, 0.25) is 0 Å².